The molecule has 142 valence electrons. The molecule has 0 spiro atoms. The highest BCUT2D eigenvalue weighted by Gasteiger charge is 2.48. The van der Waals surface area contributed by atoms with E-state index in [9.17, 15) is 4.79 Å². The van der Waals surface area contributed by atoms with Crippen LogP contribution in [0.2, 0.25) is 5.02 Å². The average Bonchev–Trinajstić information content (AvgIpc) is 2.92. The summed E-state index contributed by atoms with van der Waals surface area (Å²) >= 11 is 6.39. The topological polar surface area (TPSA) is 46.9 Å². The molecule has 4 aliphatic rings. The molecule has 1 amide bonds. The smallest absolute Gasteiger partial charge is 0.272 e. The first-order chi connectivity index (χ1) is 13.0. The van der Waals surface area contributed by atoms with Crippen molar-refractivity contribution >= 4 is 17.5 Å². The summed E-state index contributed by atoms with van der Waals surface area (Å²) in [4.78, 5) is 13.1. The molecule has 4 nitrogen and oxygen atoms in total. The lowest BCUT2D eigenvalue weighted by molar-refractivity contribution is -0.0120. The molecule has 6 rings (SSSR count). The van der Waals surface area contributed by atoms with Crippen LogP contribution in [0.15, 0.2) is 24.3 Å². The minimum atomic E-state index is -0.0288. The maximum atomic E-state index is 13.1. The normalized spacial score (nSPS) is 31.3. The second kappa shape index (κ2) is 6.37. The second-order valence-corrected chi connectivity index (χ2v) is 9.26. The van der Waals surface area contributed by atoms with Crippen LogP contribution in [0.1, 0.15) is 48.2 Å². The van der Waals surface area contributed by atoms with Gasteiger partial charge in [0.05, 0.1) is 5.69 Å². The van der Waals surface area contributed by atoms with Gasteiger partial charge in [0, 0.05) is 29.2 Å². The van der Waals surface area contributed by atoms with Gasteiger partial charge in [0.1, 0.15) is 0 Å². The second-order valence-electron chi connectivity index (χ2n) is 8.86. The summed E-state index contributed by atoms with van der Waals surface area (Å²) in [5, 5.41) is 8.61. The van der Waals surface area contributed by atoms with Crippen LogP contribution < -0.4 is 5.32 Å². The lowest BCUT2D eigenvalue weighted by atomic mass is 9.54. The van der Waals surface area contributed by atoms with E-state index in [1.54, 1.807) is 4.68 Å². The van der Waals surface area contributed by atoms with E-state index in [1.165, 1.54) is 32.1 Å². The first kappa shape index (κ1) is 17.3. The Morgan fingerprint density at radius 2 is 1.74 bits per heavy atom. The Balaban J connectivity index is 1.42. The third-order valence-electron chi connectivity index (χ3n) is 7.15. The van der Waals surface area contributed by atoms with Crippen LogP contribution in [0.25, 0.3) is 11.3 Å². The summed E-state index contributed by atoms with van der Waals surface area (Å²) < 4.78 is 1.78. The molecule has 4 saturated carbocycles. The van der Waals surface area contributed by atoms with Gasteiger partial charge >= 0.3 is 0 Å². The zero-order valence-electron chi connectivity index (χ0n) is 15.9. The van der Waals surface area contributed by atoms with Crippen molar-refractivity contribution in [2.24, 2.45) is 30.7 Å². The number of rotatable bonds is 3. The van der Waals surface area contributed by atoms with Crippen molar-refractivity contribution in [2.75, 3.05) is 0 Å². The molecule has 0 radical (unpaired) electrons. The van der Waals surface area contributed by atoms with Gasteiger partial charge in [0.25, 0.3) is 5.91 Å². The highest BCUT2D eigenvalue weighted by Crippen LogP contribution is 2.53. The van der Waals surface area contributed by atoms with Crippen molar-refractivity contribution < 1.29 is 4.79 Å². The Bertz CT molecular complexity index is 875. The summed E-state index contributed by atoms with van der Waals surface area (Å²) in [6.45, 7) is 1.97. The molecular formula is C22H26ClN3O. The molecule has 4 aliphatic carbocycles. The molecule has 2 aromatic rings. The van der Waals surface area contributed by atoms with E-state index in [2.05, 4.69) is 10.4 Å². The van der Waals surface area contributed by atoms with Crippen LogP contribution in [0.4, 0.5) is 0 Å². The molecule has 0 aliphatic heterocycles. The average molecular weight is 384 g/mol. The zero-order chi connectivity index (χ0) is 18.7. The zero-order valence-corrected chi connectivity index (χ0v) is 16.7. The Hall–Kier alpha value is -1.81. The highest BCUT2D eigenvalue weighted by atomic mass is 35.5. The maximum Gasteiger partial charge on any atom is 0.272 e. The van der Waals surface area contributed by atoms with Crippen LogP contribution >= 0.6 is 11.6 Å². The Morgan fingerprint density at radius 1 is 1.11 bits per heavy atom. The van der Waals surface area contributed by atoms with Crippen molar-refractivity contribution in [2.45, 2.75) is 45.1 Å². The Labute approximate surface area is 165 Å². The number of hydrogen-bond donors (Lipinski definition) is 1. The van der Waals surface area contributed by atoms with Gasteiger partial charge in [-0.05, 0) is 68.8 Å². The molecule has 0 unspecified atom stereocenters. The Morgan fingerprint density at radius 3 is 2.37 bits per heavy atom. The van der Waals surface area contributed by atoms with Gasteiger partial charge in [-0.1, -0.05) is 29.8 Å². The fourth-order valence-corrected chi connectivity index (χ4v) is 6.48. The SMILES string of the molecule is Cc1c(C(=O)NC2C3CC4CC(C3)CC2C4)nn(C)c1-c1ccccc1Cl. The summed E-state index contributed by atoms with van der Waals surface area (Å²) in [5.74, 6) is 3.11. The van der Waals surface area contributed by atoms with E-state index in [-0.39, 0.29) is 5.91 Å². The number of aryl methyl sites for hydroxylation is 1. The van der Waals surface area contributed by atoms with E-state index < -0.39 is 0 Å². The van der Waals surface area contributed by atoms with Crippen molar-refractivity contribution in [1.29, 1.82) is 0 Å². The molecule has 1 aromatic heterocycles. The van der Waals surface area contributed by atoms with Crippen LogP contribution in [-0.4, -0.2) is 21.7 Å². The molecule has 0 saturated heterocycles. The van der Waals surface area contributed by atoms with Gasteiger partial charge in [-0.2, -0.15) is 5.10 Å². The minimum Gasteiger partial charge on any atom is -0.347 e. The first-order valence-electron chi connectivity index (χ1n) is 10.1. The van der Waals surface area contributed by atoms with E-state index in [4.69, 9.17) is 11.6 Å². The summed E-state index contributed by atoms with van der Waals surface area (Å²) in [6.07, 6.45) is 6.61. The van der Waals surface area contributed by atoms with Gasteiger partial charge in [-0.3, -0.25) is 9.48 Å². The number of benzene rings is 1. The fraction of sp³-hybridized carbons (Fsp3) is 0.545. The largest absolute Gasteiger partial charge is 0.347 e. The number of nitrogens with zero attached hydrogens (tertiary/aromatic N) is 2. The molecule has 5 heteroatoms. The van der Waals surface area contributed by atoms with Crippen LogP contribution in [0, 0.1) is 30.6 Å². The standard InChI is InChI=1S/C22H26ClN3O/c1-12-19(25-26(2)21(12)17-5-3-4-6-18(17)23)22(27)24-20-15-8-13-7-14(10-15)11-16(20)9-13/h3-6,13-16,20H,7-11H2,1-2H3,(H,24,27). The molecule has 1 N–H and O–H groups in total. The number of hydrogen-bond acceptors (Lipinski definition) is 2. The van der Waals surface area contributed by atoms with E-state index >= 15 is 0 Å². The molecule has 1 heterocycles. The van der Waals surface area contributed by atoms with Crippen molar-refractivity contribution in [3.8, 4) is 11.3 Å². The summed E-state index contributed by atoms with van der Waals surface area (Å²) in [7, 11) is 1.88. The van der Waals surface area contributed by atoms with E-state index in [0.717, 1.165) is 28.7 Å². The van der Waals surface area contributed by atoms with Crippen molar-refractivity contribution in [3.05, 3.63) is 40.5 Å². The van der Waals surface area contributed by atoms with Crippen molar-refractivity contribution in [1.82, 2.24) is 15.1 Å². The number of aromatic nitrogens is 2. The fourth-order valence-electron chi connectivity index (χ4n) is 6.26. The van der Waals surface area contributed by atoms with Crippen LogP contribution in [0.3, 0.4) is 0 Å². The lowest BCUT2D eigenvalue weighted by Crippen LogP contribution is -2.55. The molecule has 1 aromatic carbocycles. The van der Waals surface area contributed by atoms with Gasteiger partial charge in [0.15, 0.2) is 5.69 Å². The van der Waals surface area contributed by atoms with E-state index in [1.807, 2.05) is 38.2 Å². The summed E-state index contributed by atoms with van der Waals surface area (Å²) in [6, 6.07) is 8.05. The van der Waals surface area contributed by atoms with Crippen LogP contribution in [0.5, 0.6) is 0 Å². The van der Waals surface area contributed by atoms with Gasteiger partial charge in [-0.15, -0.1) is 0 Å². The third kappa shape index (κ3) is 2.80. The minimum absolute atomic E-state index is 0.0288. The van der Waals surface area contributed by atoms with Gasteiger partial charge < -0.3 is 5.32 Å². The lowest BCUT2D eigenvalue weighted by Gasteiger charge is -2.54. The maximum absolute atomic E-state index is 13.1. The molecular weight excluding hydrogens is 358 g/mol. The molecule has 4 bridgehead atoms. The number of carbonyl (C=O) groups excluding carboxylic acids is 1. The Kier molecular flexibility index (Phi) is 4.08. The van der Waals surface area contributed by atoms with E-state index in [0.29, 0.717) is 28.6 Å². The number of nitrogens with one attached hydrogen (secondary N) is 1. The third-order valence-corrected chi connectivity index (χ3v) is 7.48. The van der Waals surface area contributed by atoms with Crippen LogP contribution in [-0.2, 0) is 7.05 Å². The van der Waals surface area contributed by atoms with Gasteiger partial charge in [0.2, 0.25) is 0 Å². The monoisotopic (exact) mass is 383 g/mol. The number of halogens is 1. The van der Waals surface area contributed by atoms with Crippen molar-refractivity contribution in [3.63, 3.8) is 0 Å². The predicted molar refractivity (Wildman–Crippen MR) is 107 cm³/mol. The predicted octanol–water partition coefficient (Wildman–Crippen LogP) is 4.60. The highest BCUT2D eigenvalue weighted by molar-refractivity contribution is 6.33. The molecule has 4 fully saturated rings. The molecule has 27 heavy (non-hydrogen) atoms. The number of amides is 1. The first-order valence-corrected chi connectivity index (χ1v) is 10.5. The quantitative estimate of drug-likeness (QED) is 0.841. The summed E-state index contributed by atoms with van der Waals surface area (Å²) in [5.41, 5.74) is 3.25. The molecule has 0 atom stereocenters. The number of carbonyl (C=O) groups is 1. The van der Waals surface area contributed by atoms with Gasteiger partial charge in [-0.25, -0.2) is 0 Å².